The summed E-state index contributed by atoms with van der Waals surface area (Å²) < 4.78 is 0.838. The minimum absolute atomic E-state index is 0. The van der Waals surface area contributed by atoms with Gasteiger partial charge >= 0.3 is 58.0 Å². The number of nitrogens with one attached hydrogen (secondary N) is 1. The van der Waals surface area contributed by atoms with Gasteiger partial charge in [0.2, 0.25) is 0 Å². The van der Waals surface area contributed by atoms with Crippen molar-refractivity contribution in [3.63, 3.8) is 0 Å². The number of rotatable bonds is 36. The zero-order chi connectivity index (χ0) is 95.2. The molecule has 2 unspecified atom stereocenters. The third kappa shape index (κ3) is 32.4. The van der Waals surface area contributed by atoms with E-state index in [1.54, 1.807) is 57.2 Å². The van der Waals surface area contributed by atoms with Gasteiger partial charge in [0.1, 0.15) is 0 Å². The molecule has 10 rings (SSSR count). The Balaban J connectivity index is 0.000000629. The van der Waals surface area contributed by atoms with Crippen LogP contribution in [0.25, 0.3) is 88.7 Å². The molecule has 10 N–H and O–H groups in total. The molecule has 10 heterocycles. The average molecular weight is 1920 g/mol. The van der Waals surface area contributed by atoms with Crippen LogP contribution in [0.1, 0.15) is 343 Å². The van der Waals surface area contributed by atoms with Gasteiger partial charge in [-0.05, 0) is 254 Å². The second kappa shape index (κ2) is 53.3. The van der Waals surface area contributed by atoms with Gasteiger partial charge in [-0.1, -0.05) is 192 Å². The quantitative estimate of drug-likeness (QED) is 0.00344. The Morgan fingerprint density at radius 3 is 1.01 bits per heavy atom. The zero-order valence-corrected chi connectivity index (χ0v) is 82.6. The van der Waals surface area contributed by atoms with Crippen LogP contribution in [0.2, 0.25) is 0 Å². The van der Waals surface area contributed by atoms with Crippen molar-refractivity contribution in [1.29, 1.82) is 0 Å². The number of nitrogens with zero attached hydrogens (tertiary/aromatic N) is 9. The molecule has 16 bridgehead atoms. The molecule has 0 fully saturated rings. The molecule has 0 saturated carbocycles. The van der Waals surface area contributed by atoms with Crippen LogP contribution in [0, 0.1) is 32.9 Å². The number of fused-ring (bicyclic) bond motifs is 16. The van der Waals surface area contributed by atoms with Crippen molar-refractivity contribution in [2.75, 3.05) is 0 Å². The van der Waals surface area contributed by atoms with E-state index in [2.05, 4.69) is 110 Å². The number of aliphatic hydroxyl groups is 2. The van der Waals surface area contributed by atoms with Crippen molar-refractivity contribution in [2.24, 2.45) is 0 Å². The van der Waals surface area contributed by atoms with Crippen LogP contribution in [0.4, 0.5) is 0 Å². The molecule has 4 aliphatic rings. The number of aromatic nitrogens is 8. The van der Waals surface area contributed by atoms with E-state index in [0.29, 0.717) is 155 Å². The minimum atomic E-state index is -1.02. The molecule has 24 nitrogen and oxygen atoms in total. The number of carbonyl (C=O) groups excluding carboxylic acids is 1. The standard InChI is InChI=1S/C53H67N5O6.C49H58N4O6.C4H11NO.2CH4.2Fe.H2O/c1-12-37-34(6)42-28-48-52(49(59)21-15-20-33(5)19-14-18-32(4)17-13-16-31(2)3)36(8)43(56-48)27-47-40(30-58(64)53(9,10)11)39(23-25-51(62)63)46(57-47)29-45-38(22-24-50(60)61)35(7)41(55-45)26-44(37)54-42;1-9-34-31(6)39-25-45-49(46(55)18-12-17-30(5)16-11-15-29(4)14-10-13-28(2)3)33(8)40(52-45)24-44-37(27-54)36(20-22-48(58)59)43(53-44)26-42-35(19-21-47(56)57)32(7)38(51-42)23-41(34)50-39;1-4(2,3)5-6;;;;;/h12,16,18,20,26-30,49,59H,1,13-15,17,19,21-25H2,2-11H3,(H4,54,55,56,57,60,61,62,63);9,13,15,17,23-27,46,55H,1,10-12,14,16,18-22H2,2-8H3,(H4,50,51,52,53,54,56,57,58,59);5-6H,1-3H3;2*1H4;;;1H2/q;;;;;2*+4;/p-4/b32-18+,33-20+,41-26?,42-28?,43-27?,44-26?,45-29?,46-29?,47-27?,48-28?,58-30-;29-15+,30-17+,38-23?,39-25?,40-24?,41-23?,42-26?,43-26?,44-24?,45-25?;;;;;;. The molecule has 26 heteroatoms. The Labute approximate surface area is 813 Å². The molecule has 0 radical (unpaired) electrons. The van der Waals surface area contributed by atoms with Crippen molar-refractivity contribution in [2.45, 2.75) is 305 Å². The fraction of sp³-hybridized carbons (Fsp3) is 0.426. The molecular weight excluding hydrogens is 1770 g/mol. The number of hydrogen-bond donors (Lipinski definition) is 8. The van der Waals surface area contributed by atoms with Crippen LogP contribution in [-0.2, 0) is 71.0 Å². The Kier molecular flexibility index (Phi) is 46.6. The van der Waals surface area contributed by atoms with Crippen molar-refractivity contribution in [3.8, 4) is 0 Å². The topological polar surface area (TPSA) is 405 Å². The smallest absolute Gasteiger partial charge is 0.657 e. The Morgan fingerprint density at radius 1 is 0.418 bits per heavy atom. The molecule has 4 aliphatic heterocycles. The predicted octanol–water partition coefficient (Wildman–Crippen LogP) is 23.4. The number of carboxylic acid groups (broad SMARTS) is 4. The third-order valence-electron chi connectivity index (χ3n) is 23.4. The summed E-state index contributed by atoms with van der Waals surface area (Å²) in [5.74, 6) is -3.94. The number of allylic oxidation sites excluding steroid dienone is 22. The SMILES string of the molecule is C.C.C=CC1=C(C)c2cc3[n-]c(cc4nc(cc5[n-]c(cc1n2)c(C)c5CCC(=O)O)C(CCC(=O)O)=C4/C=[N+](\[O-])C(C)(C)C)c(C)c3C(O)CC/C=C(\C)CC/C=C(\C)CCC=C(C)C.C=CC1=C(C)c2cc3[n-]c(cc4nc(cc5[n-]c(cc1n2)c(C)c5CCC(=O)O)C(CCC(=O)O)=C4C=O)c(C)c3C(O)CC/C=C(\C)CC/C=C(\C)CCC=C(C)C.CC(C)(C)NO.O.[Fe+4].[Fe+4]. The van der Waals surface area contributed by atoms with E-state index in [4.69, 9.17) is 45.1 Å². The molecule has 0 amide bonds. The summed E-state index contributed by atoms with van der Waals surface area (Å²) in [7, 11) is 0. The van der Waals surface area contributed by atoms with Gasteiger partial charge in [0.05, 0.1) is 63.3 Å². The van der Waals surface area contributed by atoms with Gasteiger partial charge in [0.15, 0.2) is 18.0 Å². The van der Waals surface area contributed by atoms with Crippen LogP contribution >= 0.6 is 0 Å². The van der Waals surface area contributed by atoms with Gasteiger partial charge in [-0.25, -0.2) is 30.2 Å². The summed E-state index contributed by atoms with van der Waals surface area (Å²) in [5, 5.41) is 84.4. The van der Waals surface area contributed by atoms with Gasteiger partial charge in [-0.15, -0.1) is 44.1 Å². The first-order valence-electron chi connectivity index (χ1n) is 44.6. The molecule has 0 aromatic carbocycles. The van der Waals surface area contributed by atoms with E-state index in [-0.39, 0.29) is 117 Å². The van der Waals surface area contributed by atoms with E-state index in [1.807, 2.05) is 86.6 Å². The van der Waals surface area contributed by atoms with E-state index >= 15 is 0 Å². The van der Waals surface area contributed by atoms with E-state index in [9.17, 15) is 59.8 Å². The summed E-state index contributed by atoms with van der Waals surface area (Å²) in [6.45, 7) is 47.8. The van der Waals surface area contributed by atoms with Crippen LogP contribution in [0.3, 0.4) is 0 Å². The summed E-state index contributed by atoms with van der Waals surface area (Å²) >= 11 is 0. The maximum Gasteiger partial charge on any atom is 4.00 e. The summed E-state index contributed by atoms with van der Waals surface area (Å²) in [4.78, 5) is 100. The van der Waals surface area contributed by atoms with Crippen molar-refractivity contribution >= 4 is 125 Å². The number of aliphatic hydroxyl groups excluding tert-OH is 2. The van der Waals surface area contributed by atoms with Crippen LogP contribution in [0.5, 0.6) is 0 Å². The van der Waals surface area contributed by atoms with Gasteiger partial charge in [-0.2, -0.15) is 0 Å². The maximum absolute atomic E-state index is 13.7. The number of hydroxylamine groups is 2. The second-order valence-electron chi connectivity index (χ2n) is 36.6. The number of carbonyl (C=O) groups is 5. The number of aryl methyl sites for hydroxylation is 6. The summed E-state index contributed by atoms with van der Waals surface area (Å²) in [5.41, 5.74) is 28.3. The van der Waals surface area contributed by atoms with E-state index < -0.39 is 41.6 Å². The Hall–Kier alpha value is -11.0. The molecule has 134 heavy (non-hydrogen) atoms. The minimum Gasteiger partial charge on any atom is -0.657 e. The maximum atomic E-state index is 13.7. The summed E-state index contributed by atoms with van der Waals surface area (Å²) in [6, 6.07) is 14.4. The zero-order valence-electron chi connectivity index (χ0n) is 80.4. The van der Waals surface area contributed by atoms with Crippen molar-refractivity contribution < 1.29 is 104 Å². The van der Waals surface area contributed by atoms with Crippen LogP contribution in [0.15, 0.2) is 144 Å². The van der Waals surface area contributed by atoms with Crippen molar-refractivity contribution in [3.05, 3.63) is 239 Å². The number of aldehydes is 1. The molecular formula is C108H142Fe2N10O14+4. The summed E-state index contributed by atoms with van der Waals surface area (Å²) in [6.07, 6.45) is 27.6. The number of hydrogen-bond acceptors (Lipinski definition) is 14. The van der Waals surface area contributed by atoms with Gasteiger partial charge < -0.3 is 66.5 Å². The molecule has 0 saturated heterocycles. The normalized spacial score (nSPS) is 13.5. The average Bonchev–Trinajstić information content (AvgIpc) is 1.62. The molecule has 0 spiro atoms. The monoisotopic (exact) mass is 1910 g/mol. The van der Waals surface area contributed by atoms with Gasteiger partial charge in [-0.3, -0.25) is 24.0 Å². The molecule has 2 atom stereocenters. The second-order valence-corrected chi connectivity index (χ2v) is 36.6. The fourth-order valence-corrected chi connectivity index (χ4v) is 15.8. The molecule has 720 valence electrons. The Bertz CT molecular complexity index is 6020. The first kappa shape index (κ1) is 117. The first-order chi connectivity index (χ1) is 60.8. The van der Waals surface area contributed by atoms with E-state index in [0.717, 1.165) is 106 Å². The molecule has 6 aromatic rings. The first-order valence-corrected chi connectivity index (χ1v) is 44.6. The Morgan fingerprint density at radius 2 is 0.694 bits per heavy atom. The van der Waals surface area contributed by atoms with Crippen LogP contribution < -0.4 is 25.4 Å². The molecule has 0 aliphatic carbocycles. The largest absolute Gasteiger partial charge is 4.00 e. The van der Waals surface area contributed by atoms with Crippen molar-refractivity contribution in [1.82, 2.24) is 45.4 Å². The van der Waals surface area contributed by atoms with Gasteiger partial charge in [0, 0.05) is 68.7 Å². The third-order valence-corrected chi connectivity index (χ3v) is 23.4. The predicted molar refractivity (Wildman–Crippen MR) is 538 cm³/mol. The fourth-order valence-electron chi connectivity index (χ4n) is 15.8. The number of carboxylic acids is 4. The van der Waals surface area contributed by atoms with E-state index in [1.165, 1.54) is 39.7 Å². The number of aliphatic carboxylic acids is 4. The van der Waals surface area contributed by atoms with Crippen LogP contribution in [-0.4, -0.2) is 113 Å². The molecule has 6 aromatic heterocycles. The van der Waals surface area contributed by atoms with Gasteiger partial charge in [0.25, 0.3) is 0 Å².